The van der Waals surface area contributed by atoms with Gasteiger partial charge in [-0.25, -0.2) is 8.78 Å². The fourth-order valence-electron chi connectivity index (χ4n) is 5.81. The summed E-state index contributed by atoms with van der Waals surface area (Å²) >= 11 is 6.98. The number of ether oxygens (including phenoxy) is 1. The molecular formula is C27H26ClF2N5O3S. The molecule has 0 unspecified atom stereocenters. The van der Waals surface area contributed by atoms with E-state index in [1.54, 1.807) is 36.4 Å². The summed E-state index contributed by atoms with van der Waals surface area (Å²) in [7, 11) is 0. The smallest absolute Gasteiger partial charge is 0.291 e. The number of aromatic nitrogens is 2. The number of benzene rings is 2. The Kier molecular flexibility index (Phi) is 6.46. The Morgan fingerprint density at radius 1 is 1.08 bits per heavy atom. The van der Waals surface area contributed by atoms with Crippen molar-refractivity contribution in [2.75, 3.05) is 24.5 Å². The van der Waals surface area contributed by atoms with E-state index in [1.165, 1.54) is 4.90 Å². The van der Waals surface area contributed by atoms with Crippen molar-refractivity contribution in [3.8, 4) is 16.9 Å². The molecule has 4 heterocycles. The average Bonchev–Trinajstić information content (AvgIpc) is 3.59. The van der Waals surface area contributed by atoms with Gasteiger partial charge in [-0.2, -0.15) is 9.36 Å². The second kappa shape index (κ2) is 9.71. The summed E-state index contributed by atoms with van der Waals surface area (Å²) in [6, 6.07) is 11.7. The van der Waals surface area contributed by atoms with Crippen LogP contribution in [-0.2, 0) is 11.2 Å². The lowest BCUT2D eigenvalue weighted by Crippen LogP contribution is -2.61. The molecule has 2 amide bonds. The van der Waals surface area contributed by atoms with Crippen LogP contribution in [0.4, 0.5) is 13.9 Å². The number of fused-ring (bicyclic) bond motifs is 1. The first-order chi connectivity index (χ1) is 18.7. The quantitative estimate of drug-likeness (QED) is 0.491. The van der Waals surface area contributed by atoms with Crippen LogP contribution in [0, 0.1) is 0 Å². The van der Waals surface area contributed by atoms with E-state index in [1.807, 2.05) is 11.0 Å². The van der Waals surface area contributed by atoms with Crippen molar-refractivity contribution >= 4 is 40.1 Å². The van der Waals surface area contributed by atoms with Gasteiger partial charge in [-0.15, -0.1) is 0 Å². The topological polar surface area (TPSA) is 102 Å². The number of primary amides is 1. The third-order valence-corrected chi connectivity index (χ3v) is 9.03. The lowest BCUT2D eigenvalue weighted by atomic mass is 9.79. The number of hydrogen-bond acceptors (Lipinski definition) is 7. The molecule has 0 bridgehead atoms. The van der Waals surface area contributed by atoms with Crippen LogP contribution in [0.15, 0.2) is 42.5 Å². The lowest BCUT2D eigenvalue weighted by molar-refractivity contribution is -0.185. The largest absolute Gasteiger partial charge is 0.481 e. The number of piperidine rings is 1. The second-order valence-corrected chi connectivity index (χ2v) is 11.3. The van der Waals surface area contributed by atoms with Gasteiger partial charge < -0.3 is 20.3 Å². The standard InChI is InChI=1S/C27H26ClF2N5O3S/c28-24-32-25(39-33-24)34-12-9-26(10-13-34)27(29,30)15-19-14-18(7-8-21(19)38-26)16-3-5-17(6-4-16)23(37)35-11-1-2-20(35)22(31)36/h3-8,14,20H,1-2,9-13,15H2,(H2,31,36)/t20-/m0/s1. The summed E-state index contributed by atoms with van der Waals surface area (Å²) in [5, 5.41) is 0.781. The number of halogens is 3. The zero-order chi connectivity index (χ0) is 27.4. The molecule has 0 saturated carbocycles. The molecule has 8 nitrogen and oxygen atoms in total. The minimum Gasteiger partial charge on any atom is -0.481 e. The van der Waals surface area contributed by atoms with Crippen molar-refractivity contribution in [3.05, 3.63) is 58.9 Å². The molecule has 2 N–H and O–H groups in total. The van der Waals surface area contributed by atoms with Gasteiger partial charge in [0.1, 0.15) is 11.8 Å². The lowest BCUT2D eigenvalue weighted by Gasteiger charge is -2.48. The van der Waals surface area contributed by atoms with E-state index in [-0.39, 0.29) is 24.0 Å². The number of nitrogens with two attached hydrogens (primary N) is 1. The van der Waals surface area contributed by atoms with E-state index in [0.717, 1.165) is 29.1 Å². The zero-order valence-electron chi connectivity index (χ0n) is 20.9. The zero-order valence-corrected chi connectivity index (χ0v) is 22.5. The van der Waals surface area contributed by atoms with Gasteiger partial charge in [-0.1, -0.05) is 18.2 Å². The van der Waals surface area contributed by atoms with Crippen molar-refractivity contribution in [1.82, 2.24) is 14.3 Å². The molecule has 204 valence electrons. The summed E-state index contributed by atoms with van der Waals surface area (Å²) in [5.74, 6) is -3.33. The van der Waals surface area contributed by atoms with Crippen LogP contribution >= 0.6 is 23.1 Å². The molecule has 0 aliphatic carbocycles. The molecule has 3 aliphatic rings. The fourth-order valence-corrected chi connectivity index (χ4v) is 6.67. The van der Waals surface area contributed by atoms with Crippen LogP contribution in [0.1, 0.15) is 41.6 Å². The molecule has 3 aromatic rings. The highest BCUT2D eigenvalue weighted by atomic mass is 35.5. The van der Waals surface area contributed by atoms with E-state index in [0.29, 0.717) is 48.1 Å². The number of alkyl halides is 2. The molecule has 2 fully saturated rings. The predicted octanol–water partition coefficient (Wildman–Crippen LogP) is 4.56. The summed E-state index contributed by atoms with van der Waals surface area (Å²) in [4.78, 5) is 32.2. The number of likely N-dealkylation sites (tertiary alicyclic amines) is 1. The van der Waals surface area contributed by atoms with E-state index >= 15 is 8.78 Å². The van der Waals surface area contributed by atoms with Gasteiger partial charge in [-0.3, -0.25) is 9.59 Å². The second-order valence-electron chi connectivity index (χ2n) is 10.3. The maximum absolute atomic E-state index is 15.6. The van der Waals surface area contributed by atoms with Crippen LogP contribution in [0.25, 0.3) is 11.1 Å². The van der Waals surface area contributed by atoms with Crippen molar-refractivity contribution in [1.29, 1.82) is 0 Å². The third-order valence-electron chi connectivity index (χ3n) is 7.98. The molecule has 39 heavy (non-hydrogen) atoms. The van der Waals surface area contributed by atoms with Crippen molar-refractivity contribution < 1.29 is 23.1 Å². The minimum atomic E-state index is -3.05. The van der Waals surface area contributed by atoms with E-state index in [2.05, 4.69) is 9.36 Å². The molecule has 6 rings (SSSR count). The van der Waals surface area contributed by atoms with E-state index in [4.69, 9.17) is 22.1 Å². The number of carbonyl (C=O) groups is 2. The van der Waals surface area contributed by atoms with Crippen LogP contribution in [-0.4, -0.2) is 63.3 Å². The molecule has 2 saturated heterocycles. The summed E-state index contributed by atoms with van der Waals surface area (Å²) in [6.45, 7) is 1.23. The highest BCUT2D eigenvalue weighted by molar-refractivity contribution is 7.10. The molecule has 3 aliphatic heterocycles. The molecule has 1 aromatic heterocycles. The monoisotopic (exact) mass is 573 g/mol. The third kappa shape index (κ3) is 4.61. The van der Waals surface area contributed by atoms with Gasteiger partial charge in [0.2, 0.25) is 16.3 Å². The first-order valence-electron chi connectivity index (χ1n) is 12.8. The van der Waals surface area contributed by atoms with Gasteiger partial charge in [0.15, 0.2) is 5.60 Å². The molecular weight excluding hydrogens is 548 g/mol. The molecule has 12 heteroatoms. The first kappa shape index (κ1) is 25.9. The predicted molar refractivity (Wildman–Crippen MR) is 144 cm³/mol. The number of nitrogens with zero attached hydrogens (tertiary/aromatic N) is 4. The molecule has 1 spiro atoms. The van der Waals surface area contributed by atoms with Gasteiger partial charge >= 0.3 is 0 Å². The highest BCUT2D eigenvalue weighted by Crippen LogP contribution is 2.49. The fraction of sp³-hybridized carbons (Fsp3) is 0.407. The Hall–Kier alpha value is -3.31. The van der Waals surface area contributed by atoms with Gasteiger partial charge in [0.25, 0.3) is 11.8 Å². The normalized spacial score (nSPS) is 21.5. The van der Waals surface area contributed by atoms with Crippen LogP contribution in [0.2, 0.25) is 5.28 Å². The Morgan fingerprint density at radius 3 is 2.46 bits per heavy atom. The Labute approximate surface area is 232 Å². The maximum Gasteiger partial charge on any atom is 0.291 e. The summed E-state index contributed by atoms with van der Waals surface area (Å²) < 4.78 is 41.2. The van der Waals surface area contributed by atoms with Crippen molar-refractivity contribution in [2.24, 2.45) is 5.73 Å². The van der Waals surface area contributed by atoms with Gasteiger partial charge in [-0.05, 0) is 59.8 Å². The van der Waals surface area contributed by atoms with Crippen LogP contribution < -0.4 is 15.4 Å². The molecule has 1 atom stereocenters. The first-order valence-corrected chi connectivity index (χ1v) is 14.0. The Bertz CT molecular complexity index is 1430. The van der Waals surface area contributed by atoms with E-state index in [9.17, 15) is 9.59 Å². The number of anilines is 1. The Morgan fingerprint density at radius 2 is 1.79 bits per heavy atom. The minimum absolute atomic E-state index is 0.154. The van der Waals surface area contributed by atoms with Crippen molar-refractivity contribution in [3.63, 3.8) is 0 Å². The number of rotatable bonds is 4. The Balaban J connectivity index is 1.18. The van der Waals surface area contributed by atoms with Crippen molar-refractivity contribution in [2.45, 2.75) is 49.7 Å². The SMILES string of the molecule is NC(=O)[C@@H]1CCCN1C(=O)c1ccc(-c2ccc3c(c2)CC(F)(F)C2(CCN(c4nc(Cl)ns4)CC2)O3)cc1. The van der Waals surface area contributed by atoms with Gasteiger partial charge in [0.05, 0.1) is 0 Å². The average molecular weight is 574 g/mol. The highest BCUT2D eigenvalue weighted by Gasteiger charge is 2.59. The van der Waals surface area contributed by atoms with Crippen LogP contribution in [0.5, 0.6) is 5.75 Å². The summed E-state index contributed by atoms with van der Waals surface area (Å²) in [6.07, 6.45) is 1.19. The number of carbonyl (C=O) groups excluding carboxylic acids is 2. The molecule has 0 radical (unpaired) electrons. The van der Waals surface area contributed by atoms with E-state index < -0.39 is 29.9 Å². The maximum atomic E-state index is 15.6. The van der Waals surface area contributed by atoms with Gasteiger partial charge in [0, 0.05) is 61.6 Å². The molecule has 2 aromatic carbocycles. The number of amides is 2. The van der Waals surface area contributed by atoms with Crippen LogP contribution in [0.3, 0.4) is 0 Å². The summed E-state index contributed by atoms with van der Waals surface area (Å²) in [5.41, 5.74) is 6.31. The number of hydrogen-bond donors (Lipinski definition) is 1.